The van der Waals surface area contributed by atoms with Crippen LogP contribution in [0.4, 0.5) is 19.0 Å². The van der Waals surface area contributed by atoms with Crippen molar-refractivity contribution in [2.45, 2.75) is 44.8 Å². The van der Waals surface area contributed by atoms with Gasteiger partial charge in [0.1, 0.15) is 17.0 Å². The summed E-state index contributed by atoms with van der Waals surface area (Å²) in [7, 11) is 1.95. The summed E-state index contributed by atoms with van der Waals surface area (Å²) in [5.74, 6) is 0.771. The van der Waals surface area contributed by atoms with Crippen molar-refractivity contribution in [2.75, 3.05) is 31.1 Å². The Hall–Kier alpha value is -2.20. The van der Waals surface area contributed by atoms with E-state index in [4.69, 9.17) is 0 Å². The summed E-state index contributed by atoms with van der Waals surface area (Å²) < 4.78 is 40.4. The van der Waals surface area contributed by atoms with Gasteiger partial charge in [0, 0.05) is 61.3 Å². The van der Waals surface area contributed by atoms with E-state index in [-0.39, 0.29) is 10.3 Å². The Kier molecular flexibility index (Phi) is 5.40. The minimum Gasteiger partial charge on any atom is -0.355 e. The molecule has 0 saturated carbocycles. The van der Waals surface area contributed by atoms with Crippen molar-refractivity contribution >= 4 is 27.4 Å². The second-order valence-electron chi connectivity index (χ2n) is 9.25. The minimum absolute atomic E-state index is 0.219. The number of fused-ring (bicyclic) bond motifs is 1. The van der Waals surface area contributed by atoms with Crippen molar-refractivity contribution in [1.29, 1.82) is 0 Å². The zero-order valence-electron chi connectivity index (χ0n) is 18.3. The summed E-state index contributed by atoms with van der Waals surface area (Å²) >= 11 is 1.11. The van der Waals surface area contributed by atoms with Crippen molar-refractivity contribution in [2.24, 2.45) is 12.5 Å². The molecule has 0 amide bonds. The van der Waals surface area contributed by atoms with E-state index in [0.29, 0.717) is 10.9 Å². The van der Waals surface area contributed by atoms with Gasteiger partial charge >= 0.3 is 6.18 Å². The number of thiophene rings is 1. The maximum Gasteiger partial charge on any atom is 0.393 e. The lowest BCUT2D eigenvalue weighted by molar-refractivity contribution is -0.126. The molecule has 6 nitrogen and oxygen atoms in total. The van der Waals surface area contributed by atoms with E-state index in [1.165, 1.54) is 11.9 Å². The second-order valence-corrected chi connectivity index (χ2v) is 10.4. The normalized spacial score (nSPS) is 19.7. The standard InChI is InChI=1S/C22H27F3N6S/c1-3-4-18(15-9-28-29(2)10-15)31-12-21(13-31)5-6-30(11-21)19-17-7-16(8-22(23,24)25)32-20(17)27-14-26-19/h7,9-10,14,18H,3-6,8,11-13H2,1-2H3/t18-/m0/s1. The van der Waals surface area contributed by atoms with Crippen LogP contribution in [0.2, 0.25) is 0 Å². The van der Waals surface area contributed by atoms with E-state index in [1.807, 2.05) is 17.9 Å². The summed E-state index contributed by atoms with van der Waals surface area (Å²) in [6.07, 6.45) is 3.72. The lowest BCUT2D eigenvalue weighted by atomic mass is 9.77. The maximum atomic E-state index is 12.9. The highest BCUT2D eigenvalue weighted by molar-refractivity contribution is 7.18. The lowest BCUT2D eigenvalue weighted by Gasteiger charge is -2.51. The fraction of sp³-hybridized carbons (Fsp3) is 0.591. The van der Waals surface area contributed by atoms with Gasteiger partial charge in [0.25, 0.3) is 0 Å². The van der Waals surface area contributed by atoms with Gasteiger partial charge in [0.2, 0.25) is 0 Å². The van der Waals surface area contributed by atoms with Crippen LogP contribution in [-0.2, 0) is 13.5 Å². The topological polar surface area (TPSA) is 50.1 Å². The van der Waals surface area contributed by atoms with Gasteiger partial charge in [-0.1, -0.05) is 13.3 Å². The molecular weight excluding hydrogens is 437 g/mol. The highest BCUT2D eigenvalue weighted by Crippen LogP contribution is 2.46. The first kappa shape index (κ1) is 21.6. The zero-order chi connectivity index (χ0) is 22.5. The minimum atomic E-state index is -4.22. The van der Waals surface area contributed by atoms with Crippen LogP contribution in [0.1, 0.15) is 42.7 Å². The Morgan fingerprint density at radius 2 is 2.03 bits per heavy atom. The predicted octanol–water partition coefficient (Wildman–Crippen LogP) is 4.58. The van der Waals surface area contributed by atoms with Gasteiger partial charge in [-0.05, 0) is 18.9 Å². The maximum absolute atomic E-state index is 12.9. The first-order valence-electron chi connectivity index (χ1n) is 11.0. The second kappa shape index (κ2) is 7.98. The Labute approximate surface area is 189 Å². The highest BCUT2D eigenvalue weighted by atomic mass is 32.1. The molecule has 3 aromatic heterocycles. The highest BCUT2D eigenvalue weighted by Gasteiger charge is 2.50. The van der Waals surface area contributed by atoms with Crippen LogP contribution < -0.4 is 4.90 Å². The number of aryl methyl sites for hydroxylation is 1. The number of rotatable bonds is 6. The number of nitrogens with zero attached hydrogens (tertiary/aromatic N) is 6. The molecule has 0 aromatic carbocycles. The number of hydrogen-bond acceptors (Lipinski definition) is 6. The Bertz CT molecular complexity index is 1100. The molecule has 0 unspecified atom stereocenters. The fourth-order valence-electron chi connectivity index (χ4n) is 5.29. The Balaban J connectivity index is 1.30. The van der Waals surface area contributed by atoms with Crippen LogP contribution >= 0.6 is 11.3 Å². The first-order chi connectivity index (χ1) is 15.3. The third-order valence-corrected chi connectivity index (χ3v) is 7.70. The molecule has 5 heterocycles. The van der Waals surface area contributed by atoms with Crippen molar-refractivity contribution in [3.05, 3.63) is 35.2 Å². The molecule has 2 aliphatic heterocycles. The van der Waals surface area contributed by atoms with Crippen molar-refractivity contribution in [3.63, 3.8) is 0 Å². The lowest BCUT2D eigenvalue weighted by Crippen LogP contribution is -2.58. The van der Waals surface area contributed by atoms with E-state index in [0.717, 1.165) is 68.0 Å². The fourth-order valence-corrected chi connectivity index (χ4v) is 6.31. The van der Waals surface area contributed by atoms with E-state index < -0.39 is 12.6 Å². The van der Waals surface area contributed by atoms with Crippen molar-refractivity contribution in [1.82, 2.24) is 24.6 Å². The molecule has 172 valence electrons. The number of aromatic nitrogens is 4. The van der Waals surface area contributed by atoms with Crippen LogP contribution in [0.5, 0.6) is 0 Å². The van der Waals surface area contributed by atoms with Crippen molar-refractivity contribution in [3.8, 4) is 0 Å². The quantitative estimate of drug-likeness (QED) is 0.534. The SMILES string of the molecule is CCC[C@@H](c1cnn(C)c1)N1CC2(CCN(c3ncnc4sc(CC(F)(F)F)cc34)C2)C1. The van der Waals surface area contributed by atoms with Gasteiger partial charge < -0.3 is 4.90 Å². The Morgan fingerprint density at radius 3 is 2.72 bits per heavy atom. The molecule has 2 aliphatic rings. The molecule has 32 heavy (non-hydrogen) atoms. The monoisotopic (exact) mass is 464 g/mol. The average Bonchev–Trinajstić information content (AvgIpc) is 3.41. The van der Waals surface area contributed by atoms with Gasteiger partial charge in [-0.15, -0.1) is 11.3 Å². The van der Waals surface area contributed by atoms with Gasteiger partial charge in [-0.25, -0.2) is 9.97 Å². The van der Waals surface area contributed by atoms with Crippen LogP contribution in [0.3, 0.4) is 0 Å². The van der Waals surface area contributed by atoms with Crippen LogP contribution in [0, 0.1) is 5.41 Å². The third-order valence-electron chi connectivity index (χ3n) is 6.66. The molecule has 0 bridgehead atoms. The van der Waals surface area contributed by atoms with E-state index >= 15 is 0 Å². The smallest absolute Gasteiger partial charge is 0.355 e. The first-order valence-corrected chi connectivity index (χ1v) is 11.8. The number of anilines is 1. The van der Waals surface area contributed by atoms with Crippen molar-refractivity contribution < 1.29 is 13.2 Å². The van der Waals surface area contributed by atoms with E-state index in [2.05, 4.69) is 38.0 Å². The molecule has 0 N–H and O–H groups in total. The number of alkyl halides is 3. The summed E-state index contributed by atoms with van der Waals surface area (Å²) in [5, 5.41) is 5.09. The summed E-state index contributed by atoms with van der Waals surface area (Å²) in [6, 6.07) is 2.02. The van der Waals surface area contributed by atoms with Gasteiger partial charge in [-0.3, -0.25) is 9.58 Å². The number of likely N-dealkylation sites (tertiary alicyclic amines) is 1. The molecule has 2 saturated heterocycles. The van der Waals surface area contributed by atoms with Crippen LogP contribution in [-0.4, -0.2) is 57.0 Å². The molecule has 1 atom stereocenters. The van der Waals surface area contributed by atoms with Gasteiger partial charge in [0.05, 0.1) is 18.0 Å². The van der Waals surface area contributed by atoms with E-state index in [9.17, 15) is 13.2 Å². The number of halogens is 3. The van der Waals surface area contributed by atoms with Crippen LogP contribution in [0.15, 0.2) is 24.8 Å². The zero-order valence-corrected chi connectivity index (χ0v) is 19.1. The molecular formula is C22H27F3N6S. The molecule has 1 spiro atoms. The molecule has 10 heteroatoms. The third kappa shape index (κ3) is 4.10. The summed E-state index contributed by atoms with van der Waals surface area (Å²) in [4.78, 5) is 14.4. The van der Waals surface area contributed by atoms with E-state index in [1.54, 1.807) is 6.07 Å². The molecule has 3 aromatic rings. The van der Waals surface area contributed by atoms with Crippen LogP contribution in [0.25, 0.3) is 10.2 Å². The molecule has 5 rings (SSSR count). The van der Waals surface area contributed by atoms with Gasteiger partial charge in [0.15, 0.2) is 0 Å². The molecule has 2 fully saturated rings. The number of hydrogen-bond donors (Lipinski definition) is 0. The summed E-state index contributed by atoms with van der Waals surface area (Å²) in [5.41, 5.74) is 1.49. The molecule has 0 aliphatic carbocycles. The van der Waals surface area contributed by atoms with Gasteiger partial charge in [-0.2, -0.15) is 18.3 Å². The Morgan fingerprint density at radius 1 is 1.22 bits per heavy atom. The predicted molar refractivity (Wildman–Crippen MR) is 119 cm³/mol. The average molecular weight is 465 g/mol. The molecule has 0 radical (unpaired) electrons. The largest absolute Gasteiger partial charge is 0.393 e. The summed E-state index contributed by atoms with van der Waals surface area (Å²) in [6.45, 7) is 6.02.